The van der Waals surface area contributed by atoms with Gasteiger partial charge >= 0.3 is 0 Å². The maximum absolute atomic E-state index is 11.7. The van der Waals surface area contributed by atoms with Gasteiger partial charge in [0.15, 0.2) is 5.78 Å². The number of Topliss-reactive ketones (excluding diaryl/α,β-unsaturated/α-hetero) is 1. The zero-order valence-corrected chi connectivity index (χ0v) is 14.5. The average molecular weight is 338 g/mol. The summed E-state index contributed by atoms with van der Waals surface area (Å²) in [5.74, 6) is 0.999. The molecule has 0 amide bonds. The van der Waals surface area contributed by atoms with Gasteiger partial charge in [0, 0.05) is 30.3 Å². The van der Waals surface area contributed by atoms with Crippen molar-refractivity contribution < 1.29 is 4.79 Å². The number of aromatic nitrogens is 3. The lowest BCUT2D eigenvalue weighted by Crippen LogP contribution is -2.16. The minimum atomic E-state index is 0.145. The van der Waals surface area contributed by atoms with Crippen LogP contribution in [0.4, 0.5) is 10.9 Å². The molecule has 0 fully saturated rings. The zero-order chi connectivity index (χ0) is 16.9. The topological polar surface area (TPSA) is 59.0 Å². The van der Waals surface area contributed by atoms with Gasteiger partial charge in [0.1, 0.15) is 10.8 Å². The number of benzene rings is 1. The highest BCUT2D eigenvalue weighted by atomic mass is 32.1. The van der Waals surface area contributed by atoms with E-state index < -0.39 is 0 Å². The summed E-state index contributed by atoms with van der Waals surface area (Å²) in [7, 11) is 0. The highest BCUT2D eigenvalue weighted by Gasteiger charge is 2.15. The van der Waals surface area contributed by atoms with Crippen molar-refractivity contribution >= 4 is 28.1 Å². The Kier molecular flexibility index (Phi) is 4.96. The van der Waals surface area contributed by atoms with Gasteiger partial charge < -0.3 is 4.90 Å². The van der Waals surface area contributed by atoms with Gasteiger partial charge in [-0.25, -0.2) is 4.98 Å². The van der Waals surface area contributed by atoms with E-state index in [1.165, 1.54) is 11.3 Å². The van der Waals surface area contributed by atoms with E-state index >= 15 is 0 Å². The van der Waals surface area contributed by atoms with Gasteiger partial charge in [0.2, 0.25) is 5.13 Å². The Morgan fingerprint density at radius 1 is 1.08 bits per heavy atom. The van der Waals surface area contributed by atoms with E-state index in [9.17, 15) is 4.79 Å². The number of carbonyl (C=O) groups excluding carboxylic acids is 1. The highest BCUT2D eigenvalue weighted by molar-refractivity contribution is 7.18. The number of hydrogen-bond donors (Lipinski definition) is 0. The highest BCUT2D eigenvalue weighted by Crippen LogP contribution is 2.31. The average Bonchev–Trinajstić information content (AvgIpc) is 3.12. The lowest BCUT2D eigenvalue weighted by molar-refractivity contribution is 0.0988. The van der Waals surface area contributed by atoms with Crippen LogP contribution in [0.5, 0.6) is 0 Å². The lowest BCUT2D eigenvalue weighted by Gasteiger charge is -2.17. The Hall–Kier alpha value is -2.60. The summed E-state index contributed by atoms with van der Waals surface area (Å²) >= 11 is 1.51. The van der Waals surface area contributed by atoms with E-state index in [0.717, 1.165) is 33.6 Å². The molecule has 1 aromatic carbocycles. The zero-order valence-electron chi connectivity index (χ0n) is 13.6. The molecule has 0 saturated carbocycles. The molecule has 0 saturated heterocycles. The normalized spacial score (nSPS) is 10.6. The SMILES string of the molecule is CCC(=O)c1ccc(-c2nnc(N(CC)c3ccccn3)s2)cc1. The van der Waals surface area contributed by atoms with Crippen LogP contribution in [0.15, 0.2) is 48.7 Å². The molecule has 6 heteroatoms. The lowest BCUT2D eigenvalue weighted by atomic mass is 10.1. The van der Waals surface area contributed by atoms with Crippen LogP contribution in [0.25, 0.3) is 10.6 Å². The maximum atomic E-state index is 11.7. The first-order valence-corrected chi connectivity index (χ1v) is 8.70. The fourth-order valence-corrected chi connectivity index (χ4v) is 3.28. The van der Waals surface area contributed by atoms with Crippen molar-refractivity contribution in [2.45, 2.75) is 20.3 Å². The van der Waals surface area contributed by atoms with Crippen LogP contribution in [0.3, 0.4) is 0 Å². The van der Waals surface area contributed by atoms with Crippen LogP contribution in [-0.2, 0) is 0 Å². The molecular weight excluding hydrogens is 320 g/mol. The fraction of sp³-hybridized carbons (Fsp3) is 0.222. The summed E-state index contributed by atoms with van der Waals surface area (Å²) in [6, 6.07) is 13.3. The molecule has 2 heterocycles. The second-order valence-corrected chi connectivity index (χ2v) is 6.13. The third-order valence-corrected chi connectivity index (χ3v) is 4.66. The van der Waals surface area contributed by atoms with Gasteiger partial charge in [0.05, 0.1) is 0 Å². The fourth-order valence-electron chi connectivity index (χ4n) is 2.35. The molecule has 2 aromatic heterocycles. The Morgan fingerprint density at radius 2 is 1.88 bits per heavy atom. The number of hydrogen-bond acceptors (Lipinski definition) is 6. The minimum Gasteiger partial charge on any atom is -0.301 e. The smallest absolute Gasteiger partial charge is 0.214 e. The van der Waals surface area contributed by atoms with E-state index in [1.54, 1.807) is 6.20 Å². The molecule has 5 nitrogen and oxygen atoms in total. The molecule has 0 aliphatic rings. The molecule has 0 spiro atoms. The van der Waals surface area contributed by atoms with Crippen molar-refractivity contribution in [1.29, 1.82) is 0 Å². The number of anilines is 2. The molecule has 0 aliphatic heterocycles. The Balaban J connectivity index is 1.86. The monoisotopic (exact) mass is 338 g/mol. The summed E-state index contributed by atoms with van der Waals surface area (Å²) in [6.07, 6.45) is 2.28. The van der Waals surface area contributed by atoms with E-state index in [2.05, 4.69) is 22.1 Å². The maximum Gasteiger partial charge on any atom is 0.214 e. The van der Waals surface area contributed by atoms with Gasteiger partial charge in [-0.3, -0.25) is 4.79 Å². The van der Waals surface area contributed by atoms with Gasteiger partial charge in [-0.15, -0.1) is 10.2 Å². The molecule has 122 valence electrons. The molecular formula is C18H18N4OS. The third kappa shape index (κ3) is 3.33. The van der Waals surface area contributed by atoms with Gasteiger partial charge in [0.25, 0.3) is 0 Å². The Morgan fingerprint density at radius 3 is 2.50 bits per heavy atom. The molecule has 3 rings (SSSR count). The summed E-state index contributed by atoms with van der Waals surface area (Å²) < 4.78 is 0. The van der Waals surface area contributed by atoms with Crippen molar-refractivity contribution in [3.05, 3.63) is 54.2 Å². The van der Waals surface area contributed by atoms with Crippen molar-refractivity contribution in [3.8, 4) is 10.6 Å². The van der Waals surface area contributed by atoms with Crippen LogP contribution in [0.1, 0.15) is 30.6 Å². The molecule has 0 atom stereocenters. The molecule has 0 unspecified atom stereocenters. The summed E-state index contributed by atoms with van der Waals surface area (Å²) in [5.41, 5.74) is 1.69. The minimum absolute atomic E-state index is 0.145. The predicted molar refractivity (Wildman–Crippen MR) is 96.9 cm³/mol. The van der Waals surface area contributed by atoms with Gasteiger partial charge in [-0.05, 0) is 19.1 Å². The van der Waals surface area contributed by atoms with Crippen LogP contribution < -0.4 is 4.90 Å². The standard InChI is InChI=1S/C18H18N4OS/c1-3-15(23)13-8-10-14(11-9-13)17-20-21-18(24-17)22(4-2)16-7-5-6-12-19-16/h5-12H,3-4H2,1-2H3. The molecule has 0 radical (unpaired) electrons. The summed E-state index contributed by atoms with van der Waals surface area (Å²) in [5, 5.41) is 10.2. The second kappa shape index (κ2) is 7.31. The molecule has 3 aromatic rings. The molecule has 24 heavy (non-hydrogen) atoms. The van der Waals surface area contributed by atoms with Crippen LogP contribution in [-0.4, -0.2) is 27.5 Å². The summed E-state index contributed by atoms with van der Waals surface area (Å²) in [4.78, 5) is 18.1. The first kappa shape index (κ1) is 16.3. The van der Waals surface area contributed by atoms with E-state index in [-0.39, 0.29) is 5.78 Å². The van der Waals surface area contributed by atoms with Gasteiger partial charge in [-0.1, -0.05) is 48.6 Å². The third-order valence-electron chi connectivity index (χ3n) is 3.66. The van der Waals surface area contributed by atoms with Crippen LogP contribution in [0.2, 0.25) is 0 Å². The summed E-state index contributed by atoms with van der Waals surface area (Å²) in [6.45, 7) is 4.68. The first-order valence-electron chi connectivity index (χ1n) is 7.88. The number of rotatable bonds is 6. The van der Waals surface area contributed by atoms with E-state index in [1.807, 2.05) is 54.3 Å². The number of ketones is 1. The largest absolute Gasteiger partial charge is 0.301 e. The van der Waals surface area contributed by atoms with Crippen LogP contribution in [0, 0.1) is 0 Å². The van der Waals surface area contributed by atoms with Crippen LogP contribution >= 0.6 is 11.3 Å². The van der Waals surface area contributed by atoms with Crippen molar-refractivity contribution in [2.24, 2.45) is 0 Å². The molecule has 0 N–H and O–H groups in total. The Labute approximate surface area is 145 Å². The molecule has 0 bridgehead atoms. The van der Waals surface area contributed by atoms with E-state index in [4.69, 9.17) is 0 Å². The predicted octanol–water partition coefficient (Wildman–Crippen LogP) is 4.35. The van der Waals surface area contributed by atoms with E-state index in [0.29, 0.717) is 6.42 Å². The van der Waals surface area contributed by atoms with Crippen molar-refractivity contribution in [1.82, 2.24) is 15.2 Å². The second-order valence-electron chi connectivity index (χ2n) is 5.18. The van der Waals surface area contributed by atoms with Crippen molar-refractivity contribution in [3.63, 3.8) is 0 Å². The number of nitrogens with zero attached hydrogens (tertiary/aromatic N) is 4. The first-order chi connectivity index (χ1) is 11.7. The quantitative estimate of drug-likeness (QED) is 0.625. The van der Waals surface area contributed by atoms with Crippen molar-refractivity contribution in [2.75, 3.05) is 11.4 Å². The van der Waals surface area contributed by atoms with Gasteiger partial charge in [-0.2, -0.15) is 0 Å². The number of carbonyl (C=O) groups is 1. The Bertz CT molecular complexity index is 815. The number of pyridine rings is 1. The molecule has 0 aliphatic carbocycles.